The van der Waals surface area contributed by atoms with Crippen molar-refractivity contribution in [3.05, 3.63) is 35.4 Å². The average molecular weight is 271 g/mol. The maximum absolute atomic E-state index is 13.5. The van der Waals surface area contributed by atoms with Crippen LogP contribution in [0.2, 0.25) is 0 Å². The summed E-state index contributed by atoms with van der Waals surface area (Å²) in [6.45, 7) is 5.32. The van der Waals surface area contributed by atoms with E-state index in [1.807, 2.05) is 0 Å². The first-order valence-corrected chi connectivity index (χ1v) is 6.82. The van der Waals surface area contributed by atoms with Gasteiger partial charge in [-0.15, -0.1) is 0 Å². The Balaban J connectivity index is 2.58. The van der Waals surface area contributed by atoms with E-state index >= 15 is 0 Å². The van der Waals surface area contributed by atoms with Gasteiger partial charge in [0.05, 0.1) is 0 Å². The molecule has 0 aliphatic rings. The second-order valence-corrected chi connectivity index (χ2v) is 5.02. The third-order valence-electron chi connectivity index (χ3n) is 3.97. The Morgan fingerprint density at radius 1 is 1.21 bits per heavy atom. The maximum Gasteiger partial charge on any atom is 0.127 e. The van der Waals surface area contributed by atoms with Gasteiger partial charge in [0, 0.05) is 25.3 Å². The summed E-state index contributed by atoms with van der Waals surface area (Å²) < 4.78 is 26.5. The molecular weight excluding hydrogens is 248 g/mol. The minimum atomic E-state index is -0.425. The van der Waals surface area contributed by atoms with Crippen LogP contribution in [-0.2, 0) is 6.54 Å². The average Bonchev–Trinajstić information content (AvgIpc) is 2.41. The minimum absolute atomic E-state index is 0.0263. The van der Waals surface area contributed by atoms with Gasteiger partial charge in [-0.2, -0.15) is 0 Å². The highest BCUT2D eigenvalue weighted by Gasteiger charge is 2.24. The number of benzene rings is 1. The summed E-state index contributed by atoms with van der Waals surface area (Å²) in [5.74, 6) is -0.819. The minimum Gasteiger partial charge on any atom is -0.396 e. The van der Waals surface area contributed by atoms with Crippen LogP contribution in [-0.4, -0.2) is 18.3 Å². The molecule has 0 atom stereocenters. The summed E-state index contributed by atoms with van der Waals surface area (Å²) >= 11 is 0. The predicted molar refractivity (Wildman–Crippen MR) is 72.8 cm³/mol. The molecule has 0 aliphatic heterocycles. The number of hydrogen-bond donors (Lipinski definition) is 2. The molecule has 0 fully saturated rings. The molecule has 108 valence electrons. The largest absolute Gasteiger partial charge is 0.396 e. The summed E-state index contributed by atoms with van der Waals surface area (Å²) in [6, 6.07) is 3.48. The lowest BCUT2D eigenvalue weighted by atomic mass is 9.79. The van der Waals surface area contributed by atoms with E-state index in [-0.39, 0.29) is 12.0 Å². The smallest absolute Gasteiger partial charge is 0.127 e. The number of hydrogen-bond acceptors (Lipinski definition) is 2. The lowest BCUT2D eigenvalue weighted by molar-refractivity contribution is 0.163. The SMILES string of the molecule is CCC(CC)(CCO)CNCc1cc(F)ccc1F. The van der Waals surface area contributed by atoms with Crippen molar-refractivity contribution in [2.75, 3.05) is 13.2 Å². The molecule has 0 saturated heterocycles. The summed E-state index contributed by atoms with van der Waals surface area (Å²) in [7, 11) is 0. The van der Waals surface area contributed by atoms with Crippen LogP contribution in [0.3, 0.4) is 0 Å². The molecule has 0 bridgehead atoms. The van der Waals surface area contributed by atoms with E-state index in [1.54, 1.807) is 0 Å². The summed E-state index contributed by atoms with van der Waals surface area (Å²) in [5, 5.41) is 12.3. The van der Waals surface area contributed by atoms with Gasteiger partial charge < -0.3 is 10.4 Å². The first kappa shape index (κ1) is 16.1. The maximum atomic E-state index is 13.5. The molecule has 0 spiro atoms. The Morgan fingerprint density at radius 2 is 1.89 bits per heavy atom. The molecule has 0 aromatic heterocycles. The van der Waals surface area contributed by atoms with Crippen molar-refractivity contribution >= 4 is 0 Å². The zero-order valence-corrected chi connectivity index (χ0v) is 11.7. The Morgan fingerprint density at radius 3 is 2.47 bits per heavy atom. The molecule has 0 unspecified atom stereocenters. The lowest BCUT2D eigenvalue weighted by Crippen LogP contribution is -2.34. The van der Waals surface area contributed by atoms with Crippen molar-refractivity contribution < 1.29 is 13.9 Å². The van der Waals surface area contributed by atoms with Gasteiger partial charge in [-0.25, -0.2) is 8.78 Å². The van der Waals surface area contributed by atoms with E-state index in [0.717, 1.165) is 31.4 Å². The molecule has 4 heteroatoms. The Kier molecular flexibility index (Phi) is 6.38. The normalized spacial score (nSPS) is 11.8. The topological polar surface area (TPSA) is 32.3 Å². The molecule has 2 nitrogen and oxygen atoms in total. The molecule has 0 amide bonds. The van der Waals surface area contributed by atoms with Crippen LogP contribution < -0.4 is 5.32 Å². The van der Waals surface area contributed by atoms with Gasteiger partial charge in [-0.05, 0) is 42.9 Å². The van der Waals surface area contributed by atoms with Crippen molar-refractivity contribution in [3.63, 3.8) is 0 Å². The van der Waals surface area contributed by atoms with E-state index in [2.05, 4.69) is 19.2 Å². The van der Waals surface area contributed by atoms with Gasteiger partial charge in [0.1, 0.15) is 11.6 Å². The summed E-state index contributed by atoms with van der Waals surface area (Å²) in [6.07, 6.45) is 2.62. The molecule has 2 N–H and O–H groups in total. The standard InChI is InChI=1S/C15H23F2NO/c1-3-15(4-2,7-8-19)11-18-10-12-9-13(16)5-6-14(12)17/h5-6,9,18-19H,3-4,7-8,10-11H2,1-2H3. The number of nitrogens with one attached hydrogen (secondary N) is 1. The van der Waals surface area contributed by atoms with Crippen molar-refractivity contribution in [1.82, 2.24) is 5.32 Å². The van der Waals surface area contributed by atoms with Gasteiger partial charge >= 0.3 is 0 Å². The third kappa shape index (κ3) is 4.55. The Bertz CT molecular complexity index is 392. The van der Waals surface area contributed by atoms with Crippen molar-refractivity contribution in [1.29, 1.82) is 0 Å². The van der Waals surface area contributed by atoms with Crippen LogP contribution in [0.1, 0.15) is 38.7 Å². The monoisotopic (exact) mass is 271 g/mol. The fourth-order valence-corrected chi connectivity index (χ4v) is 2.32. The van der Waals surface area contributed by atoms with Gasteiger partial charge in [-0.3, -0.25) is 0 Å². The fourth-order valence-electron chi connectivity index (χ4n) is 2.32. The molecular formula is C15H23F2NO. The molecule has 0 saturated carbocycles. The molecule has 1 aromatic carbocycles. The molecule has 0 radical (unpaired) electrons. The highest BCUT2D eigenvalue weighted by molar-refractivity contribution is 5.18. The van der Waals surface area contributed by atoms with Crippen LogP contribution in [0.25, 0.3) is 0 Å². The summed E-state index contributed by atoms with van der Waals surface area (Å²) in [4.78, 5) is 0. The zero-order chi connectivity index (χ0) is 14.3. The first-order valence-electron chi connectivity index (χ1n) is 6.82. The number of aliphatic hydroxyl groups is 1. The van der Waals surface area contributed by atoms with Crippen molar-refractivity contribution in [3.8, 4) is 0 Å². The summed E-state index contributed by atoms with van der Waals surface area (Å²) in [5.41, 5.74) is 0.364. The number of halogens is 2. The quantitative estimate of drug-likeness (QED) is 0.760. The Labute approximate surface area is 113 Å². The predicted octanol–water partition coefficient (Wildman–Crippen LogP) is 3.24. The van der Waals surface area contributed by atoms with Crippen molar-refractivity contribution in [2.24, 2.45) is 5.41 Å². The van der Waals surface area contributed by atoms with Gasteiger partial charge in [0.25, 0.3) is 0 Å². The van der Waals surface area contributed by atoms with Crippen LogP contribution in [0.5, 0.6) is 0 Å². The van der Waals surface area contributed by atoms with Crippen molar-refractivity contribution in [2.45, 2.75) is 39.7 Å². The molecule has 0 aliphatic carbocycles. The molecule has 19 heavy (non-hydrogen) atoms. The van der Waals surface area contributed by atoms with Gasteiger partial charge in [0.2, 0.25) is 0 Å². The number of rotatable bonds is 8. The Hall–Kier alpha value is -1.00. The second kappa shape index (κ2) is 7.56. The van der Waals surface area contributed by atoms with E-state index in [1.165, 1.54) is 6.07 Å². The lowest BCUT2D eigenvalue weighted by Gasteiger charge is -2.31. The van der Waals surface area contributed by atoms with E-state index < -0.39 is 11.6 Å². The number of aliphatic hydroxyl groups excluding tert-OH is 1. The van der Waals surface area contributed by atoms with Crippen LogP contribution >= 0.6 is 0 Å². The van der Waals surface area contributed by atoms with Gasteiger partial charge in [-0.1, -0.05) is 13.8 Å². The third-order valence-corrected chi connectivity index (χ3v) is 3.97. The van der Waals surface area contributed by atoms with Crippen LogP contribution in [0, 0.1) is 17.0 Å². The highest BCUT2D eigenvalue weighted by atomic mass is 19.1. The van der Waals surface area contributed by atoms with E-state index in [0.29, 0.717) is 18.7 Å². The second-order valence-electron chi connectivity index (χ2n) is 5.02. The fraction of sp³-hybridized carbons (Fsp3) is 0.600. The van der Waals surface area contributed by atoms with Crippen LogP contribution in [0.15, 0.2) is 18.2 Å². The molecule has 1 aromatic rings. The van der Waals surface area contributed by atoms with Crippen LogP contribution in [0.4, 0.5) is 8.78 Å². The highest BCUT2D eigenvalue weighted by Crippen LogP contribution is 2.29. The molecule has 0 heterocycles. The van der Waals surface area contributed by atoms with E-state index in [9.17, 15) is 8.78 Å². The zero-order valence-electron chi connectivity index (χ0n) is 11.7. The first-order chi connectivity index (χ1) is 9.06. The molecule has 1 rings (SSSR count). The van der Waals surface area contributed by atoms with E-state index in [4.69, 9.17) is 5.11 Å². The van der Waals surface area contributed by atoms with Gasteiger partial charge in [0.15, 0.2) is 0 Å².